The van der Waals surface area contributed by atoms with Gasteiger partial charge in [0.1, 0.15) is 0 Å². The Bertz CT molecular complexity index is 371. The van der Waals surface area contributed by atoms with Gasteiger partial charge in [-0.25, -0.2) is 0 Å². The molecule has 0 heterocycles. The Labute approximate surface area is 123 Å². The number of benzene rings is 1. The van der Waals surface area contributed by atoms with E-state index in [1.807, 2.05) is 6.92 Å². The molecule has 0 radical (unpaired) electrons. The lowest BCUT2D eigenvalue weighted by Crippen LogP contribution is -2.18. The fourth-order valence-corrected chi connectivity index (χ4v) is 3.04. The Morgan fingerprint density at radius 1 is 1.33 bits per heavy atom. The van der Waals surface area contributed by atoms with Crippen LogP contribution in [0.2, 0.25) is 0 Å². The molecule has 4 heteroatoms. The van der Waals surface area contributed by atoms with Crippen molar-refractivity contribution in [2.24, 2.45) is 5.92 Å². The zero-order valence-corrected chi connectivity index (χ0v) is 13.6. The summed E-state index contributed by atoms with van der Waals surface area (Å²) in [4.78, 5) is 1.18. The standard InChI is InChI=1S/C14H22BrNOS/c1-10(2)7-16-8-12-4-5-14(13(15)6-12)18-11(3)9-17/h4-6,10-11,16-17H,7-9H2,1-3H3. The van der Waals surface area contributed by atoms with Gasteiger partial charge in [0.25, 0.3) is 0 Å². The number of aliphatic hydroxyl groups excluding tert-OH is 1. The Hall–Kier alpha value is -0.0300. The SMILES string of the molecule is CC(C)CNCc1ccc(SC(C)CO)c(Br)c1. The molecule has 0 aliphatic rings. The predicted molar refractivity (Wildman–Crippen MR) is 83.1 cm³/mol. The number of thioether (sulfide) groups is 1. The molecule has 0 bridgehead atoms. The molecule has 0 aliphatic carbocycles. The Balaban J connectivity index is 2.56. The first-order valence-electron chi connectivity index (χ1n) is 6.29. The quantitative estimate of drug-likeness (QED) is 0.748. The van der Waals surface area contributed by atoms with Crippen molar-refractivity contribution in [2.45, 2.75) is 37.5 Å². The molecule has 0 amide bonds. The van der Waals surface area contributed by atoms with Gasteiger partial charge in [0.15, 0.2) is 0 Å². The lowest BCUT2D eigenvalue weighted by atomic mass is 10.2. The summed E-state index contributed by atoms with van der Waals surface area (Å²) in [5.74, 6) is 0.675. The molecule has 18 heavy (non-hydrogen) atoms. The minimum absolute atomic E-state index is 0.203. The van der Waals surface area contributed by atoms with Gasteiger partial charge in [0.2, 0.25) is 0 Å². The van der Waals surface area contributed by atoms with Gasteiger partial charge in [-0.05, 0) is 46.1 Å². The van der Waals surface area contributed by atoms with Crippen LogP contribution in [0.3, 0.4) is 0 Å². The van der Waals surface area contributed by atoms with Gasteiger partial charge >= 0.3 is 0 Å². The summed E-state index contributed by atoms with van der Waals surface area (Å²) in [6.45, 7) is 8.58. The van der Waals surface area contributed by atoms with Gasteiger partial charge in [0, 0.05) is 21.2 Å². The summed E-state index contributed by atoms with van der Waals surface area (Å²) in [7, 11) is 0. The Kier molecular flexibility index (Phi) is 7.30. The Morgan fingerprint density at radius 2 is 2.06 bits per heavy atom. The molecule has 1 atom stereocenters. The number of aliphatic hydroxyl groups is 1. The van der Waals surface area contributed by atoms with Crippen LogP contribution in [0.25, 0.3) is 0 Å². The molecule has 102 valence electrons. The molecule has 0 saturated heterocycles. The van der Waals surface area contributed by atoms with Crippen molar-refractivity contribution < 1.29 is 5.11 Å². The van der Waals surface area contributed by atoms with Crippen LogP contribution in [-0.4, -0.2) is 23.5 Å². The van der Waals surface area contributed by atoms with Crippen molar-refractivity contribution in [3.05, 3.63) is 28.2 Å². The summed E-state index contributed by atoms with van der Waals surface area (Å²) in [5.41, 5.74) is 1.28. The number of halogens is 1. The number of hydrogen-bond donors (Lipinski definition) is 2. The van der Waals surface area contributed by atoms with E-state index in [9.17, 15) is 0 Å². The van der Waals surface area contributed by atoms with E-state index in [4.69, 9.17) is 5.11 Å². The molecule has 0 fully saturated rings. The van der Waals surface area contributed by atoms with Crippen molar-refractivity contribution in [3.8, 4) is 0 Å². The summed E-state index contributed by atoms with van der Waals surface area (Å²) in [5, 5.41) is 12.7. The lowest BCUT2D eigenvalue weighted by Gasteiger charge is -2.12. The van der Waals surface area contributed by atoms with E-state index in [0.717, 1.165) is 17.6 Å². The highest BCUT2D eigenvalue weighted by Crippen LogP contribution is 2.31. The largest absolute Gasteiger partial charge is 0.395 e. The predicted octanol–water partition coefficient (Wildman–Crippen LogP) is 3.67. The second kappa shape index (κ2) is 8.20. The van der Waals surface area contributed by atoms with Crippen LogP contribution in [0.1, 0.15) is 26.3 Å². The molecule has 1 rings (SSSR count). The second-order valence-electron chi connectivity index (χ2n) is 4.90. The van der Waals surface area contributed by atoms with Gasteiger partial charge in [-0.2, -0.15) is 0 Å². The molecule has 2 N–H and O–H groups in total. The third-order valence-electron chi connectivity index (χ3n) is 2.46. The second-order valence-corrected chi connectivity index (χ2v) is 7.24. The molecule has 0 saturated carbocycles. The van der Waals surface area contributed by atoms with E-state index >= 15 is 0 Å². The van der Waals surface area contributed by atoms with Crippen molar-refractivity contribution in [2.75, 3.05) is 13.2 Å². The summed E-state index contributed by atoms with van der Waals surface area (Å²) < 4.78 is 1.11. The smallest absolute Gasteiger partial charge is 0.0550 e. The average Bonchev–Trinajstić information content (AvgIpc) is 2.32. The number of nitrogens with one attached hydrogen (secondary N) is 1. The summed E-state index contributed by atoms with van der Waals surface area (Å²) in [6.07, 6.45) is 0. The third kappa shape index (κ3) is 5.74. The van der Waals surface area contributed by atoms with Crippen molar-refractivity contribution in [1.29, 1.82) is 0 Å². The normalized spacial score (nSPS) is 13.0. The lowest BCUT2D eigenvalue weighted by molar-refractivity contribution is 0.300. The van der Waals surface area contributed by atoms with Crippen molar-refractivity contribution in [1.82, 2.24) is 5.32 Å². The highest BCUT2D eigenvalue weighted by Gasteiger charge is 2.07. The monoisotopic (exact) mass is 331 g/mol. The first-order valence-corrected chi connectivity index (χ1v) is 7.96. The van der Waals surface area contributed by atoms with E-state index in [0.29, 0.717) is 5.92 Å². The zero-order valence-electron chi connectivity index (χ0n) is 11.2. The minimum atomic E-state index is 0.203. The van der Waals surface area contributed by atoms with Gasteiger partial charge in [-0.1, -0.05) is 26.8 Å². The molecule has 1 aromatic rings. The van der Waals surface area contributed by atoms with Crippen molar-refractivity contribution >= 4 is 27.7 Å². The van der Waals surface area contributed by atoms with Crippen LogP contribution < -0.4 is 5.32 Å². The van der Waals surface area contributed by atoms with Crippen LogP contribution in [0, 0.1) is 5.92 Å². The third-order valence-corrected chi connectivity index (χ3v) is 4.54. The highest BCUT2D eigenvalue weighted by molar-refractivity contribution is 9.10. The number of rotatable bonds is 7. The molecule has 0 spiro atoms. The van der Waals surface area contributed by atoms with Crippen LogP contribution in [0.15, 0.2) is 27.6 Å². The van der Waals surface area contributed by atoms with E-state index in [1.54, 1.807) is 11.8 Å². The topological polar surface area (TPSA) is 32.3 Å². The van der Waals surface area contributed by atoms with Gasteiger partial charge in [-0.3, -0.25) is 0 Å². The van der Waals surface area contributed by atoms with Gasteiger partial charge in [0.05, 0.1) is 6.61 Å². The molecule has 0 aliphatic heterocycles. The van der Waals surface area contributed by atoms with Crippen LogP contribution in [-0.2, 0) is 6.54 Å². The maximum absolute atomic E-state index is 9.06. The van der Waals surface area contributed by atoms with Crippen LogP contribution >= 0.6 is 27.7 Å². The molecule has 0 aromatic heterocycles. The summed E-state index contributed by atoms with van der Waals surface area (Å²) in [6, 6.07) is 6.41. The zero-order chi connectivity index (χ0) is 13.5. The molecular weight excluding hydrogens is 310 g/mol. The van der Waals surface area contributed by atoms with E-state index in [2.05, 4.69) is 53.3 Å². The highest BCUT2D eigenvalue weighted by atomic mass is 79.9. The van der Waals surface area contributed by atoms with Gasteiger partial charge in [-0.15, -0.1) is 11.8 Å². The van der Waals surface area contributed by atoms with Crippen LogP contribution in [0.4, 0.5) is 0 Å². The maximum atomic E-state index is 9.06. The fourth-order valence-electron chi connectivity index (χ4n) is 1.51. The minimum Gasteiger partial charge on any atom is -0.395 e. The molecule has 2 nitrogen and oxygen atoms in total. The van der Waals surface area contributed by atoms with Crippen molar-refractivity contribution in [3.63, 3.8) is 0 Å². The molecular formula is C14H22BrNOS. The van der Waals surface area contributed by atoms with E-state index in [-0.39, 0.29) is 11.9 Å². The van der Waals surface area contributed by atoms with Gasteiger partial charge < -0.3 is 10.4 Å². The fraction of sp³-hybridized carbons (Fsp3) is 0.571. The van der Waals surface area contributed by atoms with E-state index < -0.39 is 0 Å². The average molecular weight is 332 g/mol. The first-order chi connectivity index (χ1) is 8.52. The summed E-state index contributed by atoms with van der Waals surface area (Å²) >= 11 is 5.29. The maximum Gasteiger partial charge on any atom is 0.0550 e. The Morgan fingerprint density at radius 3 is 2.61 bits per heavy atom. The molecule has 1 aromatic carbocycles. The van der Waals surface area contributed by atoms with E-state index in [1.165, 1.54) is 10.5 Å². The molecule has 1 unspecified atom stereocenters. The number of hydrogen-bond acceptors (Lipinski definition) is 3. The first kappa shape index (κ1) is 16.0. The van der Waals surface area contributed by atoms with Crippen LogP contribution in [0.5, 0.6) is 0 Å².